The SMILES string of the molecule is N[C@H](C(=O)N1CCC2(CC1)c1nc[nH]c1CCN2C(=O)C1CC1)c1ccccc1. The van der Waals surface area contributed by atoms with E-state index in [9.17, 15) is 9.59 Å². The van der Waals surface area contributed by atoms with Crippen LogP contribution in [0.15, 0.2) is 36.7 Å². The molecule has 2 aromatic rings. The molecule has 3 N–H and O–H groups in total. The summed E-state index contributed by atoms with van der Waals surface area (Å²) in [6.45, 7) is 1.89. The molecule has 1 aromatic carbocycles. The van der Waals surface area contributed by atoms with Gasteiger partial charge in [-0.3, -0.25) is 9.59 Å². The molecule has 2 amide bonds. The van der Waals surface area contributed by atoms with Crippen molar-refractivity contribution in [2.45, 2.75) is 43.7 Å². The second-order valence-electron chi connectivity index (χ2n) is 8.49. The van der Waals surface area contributed by atoms with E-state index in [1.165, 1.54) is 0 Å². The maximum absolute atomic E-state index is 13.1. The number of likely N-dealkylation sites (tertiary alicyclic amines) is 1. The van der Waals surface area contributed by atoms with Crippen LogP contribution in [-0.4, -0.2) is 51.2 Å². The van der Waals surface area contributed by atoms with Crippen molar-refractivity contribution in [3.05, 3.63) is 53.6 Å². The lowest BCUT2D eigenvalue weighted by Crippen LogP contribution is -2.59. The fraction of sp³-hybridized carbons (Fsp3) is 0.500. The topological polar surface area (TPSA) is 95.3 Å². The number of H-pyrrole nitrogens is 1. The Bertz CT molecular complexity index is 912. The van der Waals surface area contributed by atoms with Crippen molar-refractivity contribution < 1.29 is 9.59 Å². The number of hydrogen-bond donors (Lipinski definition) is 2. The maximum atomic E-state index is 13.1. The summed E-state index contributed by atoms with van der Waals surface area (Å²) in [5, 5.41) is 0. The Kier molecular flexibility index (Phi) is 4.42. The van der Waals surface area contributed by atoms with E-state index in [1.54, 1.807) is 6.33 Å². The molecule has 29 heavy (non-hydrogen) atoms. The van der Waals surface area contributed by atoms with E-state index >= 15 is 0 Å². The lowest BCUT2D eigenvalue weighted by atomic mass is 9.78. The van der Waals surface area contributed by atoms with Crippen molar-refractivity contribution in [3.63, 3.8) is 0 Å². The van der Waals surface area contributed by atoms with Crippen LogP contribution in [0.2, 0.25) is 0 Å². The molecule has 1 aliphatic carbocycles. The first-order valence-electron chi connectivity index (χ1n) is 10.5. The van der Waals surface area contributed by atoms with Gasteiger partial charge < -0.3 is 20.5 Å². The van der Waals surface area contributed by atoms with Crippen molar-refractivity contribution in [1.82, 2.24) is 19.8 Å². The molecule has 0 radical (unpaired) electrons. The smallest absolute Gasteiger partial charge is 0.244 e. The molecule has 3 aliphatic rings. The van der Waals surface area contributed by atoms with E-state index in [-0.39, 0.29) is 17.7 Å². The molecule has 1 aromatic heterocycles. The van der Waals surface area contributed by atoms with Gasteiger partial charge in [-0.25, -0.2) is 4.98 Å². The van der Waals surface area contributed by atoms with E-state index in [4.69, 9.17) is 5.73 Å². The molecule has 3 heterocycles. The number of fused-ring (bicyclic) bond motifs is 2. The normalized spacial score (nSPS) is 21.7. The van der Waals surface area contributed by atoms with Gasteiger partial charge in [0.1, 0.15) is 6.04 Å². The number of piperidine rings is 1. The molecule has 5 rings (SSSR count). The van der Waals surface area contributed by atoms with E-state index in [0.717, 1.165) is 42.8 Å². The first-order valence-corrected chi connectivity index (χ1v) is 10.5. The highest BCUT2D eigenvalue weighted by molar-refractivity contribution is 5.84. The van der Waals surface area contributed by atoms with E-state index in [1.807, 2.05) is 35.2 Å². The quantitative estimate of drug-likeness (QED) is 0.830. The first kappa shape index (κ1) is 18.4. The molecule has 7 nitrogen and oxygen atoms in total. The monoisotopic (exact) mass is 393 g/mol. The van der Waals surface area contributed by atoms with Gasteiger partial charge in [0.15, 0.2) is 0 Å². The van der Waals surface area contributed by atoms with Crippen LogP contribution in [0.5, 0.6) is 0 Å². The Labute approximate surface area is 170 Å². The highest BCUT2D eigenvalue weighted by Gasteiger charge is 2.51. The lowest BCUT2D eigenvalue weighted by Gasteiger charge is -2.50. The number of aromatic nitrogens is 2. The van der Waals surface area contributed by atoms with Crippen molar-refractivity contribution in [3.8, 4) is 0 Å². The summed E-state index contributed by atoms with van der Waals surface area (Å²) in [5.41, 5.74) is 8.80. The van der Waals surface area contributed by atoms with E-state index in [2.05, 4.69) is 14.9 Å². The van der Waals surface area contributed by atoms with E-state index in [0.29, 0.717) is 25.9 Å². The largest absolute Gasteiger partial charge is 0.348 e. The average molecular weight is 393 g/mol. The highest BCUT2D eigenvalue weighted by Crippen LogP contribution is 2.45. The number of imidazole rings is 1. The summed E-state index contributed by atoms with van der Waals surface area (Å²) in [4.78, 5) is 37.9. The number of carbonyl (C=O) groups excluding carboxylic acids is 2. The predicted molar refractivity (Wildman–Crippen MR) is 108 cm³/mol. The molecule has 1 spiro atoms. The summed E-state index contributed by atoms with van der Waals surface area (Å²) in [6, 6.07) is 8.84. The summed E-state index contributed by atoms with van der Waals surface area (Å²) < 4.78 is 0. The molecular formula is C22H27N5O2. The lowest BCUT2D eigenvalue weighted by molar-refractivity contribution is -0.146. The summed E-state index contributed by atoms with van der Waals surface area (Å²) >= 11 is 0. The summed E-state index contributed by atoms with van der Waals surface area (Å²) in [5.74, 6) is 0.391. The minimum atomic E-state index is -0.651. The molecule has 1 saturated carbocycles. The Morgan fingerprint density at radius 1 is 1.14 bits per heavy atom. The van der Waals surface area contributed by atoms with Gasteiger partial charge in [-0.15, -0.1) is 0 Å². The first-order chi connectivity index (χ1) is 14.1. The fourth-order valence-corrected chi connectivity index (χ4v) is 4.95. The zero-order valence-electron chi connectivity index (χ0n) is 16.5. The van der Waals surface area contributed by atoms with E-state index < -0.39 is 11.6 Å². The number of nitrogens with zero attached hydrogens (tertiary/aromatic N) is 3. The standard InChI is InChI=1S/C22H27N5O2/c23-18(15-4-2-1-3-5-15)21(29)26-12-9-22(10-13-26)19-17(24-14-25-19)8-11-27(22)20(28)16-6-7-16/h1-5,14,16,18H,6-13,23H2,(H,24,25)/t18-/m0/s1. The summed E-state index contributed by atoms with van der Waals surface area (Å²) in [7, 11) is 0. The van der Waals surface area contributed by atoms with Crippen LogP contribution in [0.3, 0.4) is 0 Å². The Balaban J connectivity index is 1.37. The van der Waals surface area contributed by atoms with Crippen molar-refractivity contribution in [2.24, 2.45) is 11.7 Å². The molecular weight excluding hydrogens is 366 g/mol. The van der Waals surface area contributed by atoms with Crippen LogP contribution in [0.25, 0.3) is 0 Å². The molecule has 152 valence electrons. The van der Waals surface area contributed by atoms with Crippen LogP contribution in [0, 0.1) is 5.92 Å². The second-order valence-corrected chi connectivity index (χ2v) is 8.49. The number of nitrogens with one attached hydrogen (secondary N) is 1. The molecule has 2 aliphatic heterocycles. The van der Waals surface area contributed by atoms with Gasteiger partial charge in [-0.2, -0.15) is 0 Å². The van der Waals surface area contributed by atoms with Crippen molar-refractivity contribution in [2.75, 3.05) is 19.6 Å². The predicted octanol–water partition coefficient (Wildman–Crippen LogP) is 1.72. The molecule has 2 fully saturated rings. The third kappa shape index (κ3) is 3.04. The van der Waals surface area contributed by atoms with Crippen LogP contribution in [0.4, 0.5) is 0 Å². The Morgan fingerprint density at radius 2 is 1.86 bits per heavy atom. The van der Waals surface area contributed by atoms with Crippen LogP contribution in [0.1, 0.15) is 48.7 Å². The number of aromatic amines is 1. The number of amides is 2. The number of nitrogens with two attached hydrogens (primary N) is 1. The van der Waals surface area contributed by atoms with Gasteiger partial charge in [0.05, 0.1) is 17.6 Å². The minimum Gasteiger partial charge on any atom is -0.348 e. The fourth-order valence-electron chi connectivity index (χ4n) is 4.95. The third-order valence-corrected chi connectivity index (χ3v) is 6.78. The number of carbonyl (C=O) groups is 2. The van der Waals surface area contributed by atoms with Crippen LogP contribution in [-0.2, 0) is 21.5 Å². The molecule has 0 unspecified atom stereocenters. The Hall–Kier alpha value is -2.67. The van der Waals surface area contributed by atoms with Crippen molar-refractivity contribution in [1.29, 1.82) is 0 Å². The molecule has 1 atom stereocenters. The minimum absolute atomic E-state index is 0.0517. The molecule has 0 bridgehead atoms. The van der Waals surface area contributed by atoms with Crippen LogP contribution >= 0.6 is 0 Å². The summed E-state index contributed by atoms with van der Waals surface area (Å²) in [6.07, 6.45) is 5.95. The highest BCUT2D eigenvalue weighted by atomic mass is 16.2. The second kappa shape index (κ2) is 6.99. The van der Waals surface area contributed by atoms with Gasteiger partial charge >= 0.3 is 0 Å². The number of hydrogen-bond acceptors (Lipinski definition) is 4. The van der Waals surface area contributed by atoms with Crippen molar-refractivity contribution >= 4 is 11.8 Å². The zero-order chi connectivity index (χ0) is 20.0. The zero-order valence-corrected chi connectivity index (χ0v) is 16.5. The van der Waals surface area contributed by atoms with Crippen LogP contribution < -0.4 is 5.73 Å². The van der Waals surface area contributed by atoms with Gasteiger partial charge in [0.25, 0.3) is 0 Å². The molecule has 1 saturated heterocycles. The maximum Gasteiger partial charge on any atom is 0.244 e. The Morgan fingerprint density at radius 3 is 2.55 bits per heavy atom. The average Bonchev–Trinajstić information content (AvgIpc) is 3.50. The van der Waals surface area contributed by atoms with Gasteiger partial charge in [0.2, 0.25) is 11.8 Å². The number of rotatable bonds is 3. The third-order valence-electron chi connectivity index (χ3n) is 6.78. The van der Waals surface area contributed by atoms with Gasteiger partial charge in [-0.1, -0.05) is 30.3 Å². The van der Waals surface area contributed by atoms with Gasteiger partial charge in [0, 0.05) is 37.7 Å². The van der Waals surface area contributed by atoms with Gasteiger partial charge in [-0.05, 0) is 31.2 Å². The molecule has 7 heteroatoms. The number of benzene rings is 1.